The summed E-state index contributed by atoms with van der Waals surface area (Å²) >= 11 is 6.02. The van der Waals surface area contributed by atoms with Crippen LogP contribution in [0.15, 0.2) is 12.1 Å². The lowest BCUT2D eigenvalue weighted by atomic mass is 10.1. The summed E-state index contributed by atoms with van der Waals surface area (Å²) in [5.74, 6) is 0. The molecule has 12 heavy (non-hydrogen) atoms. The molecule has 1 aromatic carbocycles. The van der Waals surface area contributed by atoms with Gasteiger partial charge in [-0.15, -0.1) is 0 Å². The molecule has 0 unspecified atom stereocenters. The quantitative estimate of drug-likeness (QED) is 0.602. The van der Waals surface area contributed by atoms with Gasteiger partial charge in [0.25, 0.3) is 0 Å². The monoisotopic (exact) mass is 182 g/mol. The molecule has 1 aromatic rings. The Bertz CT molecular complexity index is 323. The molecule has 0 bridgehead atoms. The van der Waals surface area contributed by atoms with Crippen molar-refractivity contribution in [1.82, 2.24) is 0 Å². The van der Waals surface area contributed by atoms with Crippen LogP contribution in [0.25, 0.3) is 0 Å². The summed E-state index contributed by atoms with van der Waals surface area (Å²) in [6.45, 7) is 0. The molecule has 0 heterocycles. The van der Waals surface area contributed by atoms with Crippen molar-refractivity contribution in [3.05, 3.63) is 28.3 Å². The lowest BCUT2D eigenvalue weighted by Gasteiger charge is -2.06. The number of nitrogen functional groups attached to an aromatic ring is 1. The van der Waals surface area contributed by atoms with Gasteiger partial charge in [0.2, 0.25) is 0 Å². The lowest BCUT2D eigenvalue weighted by Crippen LogP contribution is -2.05. The molecule has 0 spiro atoms. The van der Waals surface area contributed by atoms with E-state index in [1.807, 2.05) is 12.1 Å². The fourth-order valence-electron chi connectivity index (χ4n) is 1.71. The second-order valence-electron chi connectivity index (χ2n) is 3.18. The summed E-state index contributed by atoms with van der Waals surface area (Å²) in [6.07, 6.45) is 1.94. The van der Waals surface area contributed by atoms with Gasteiger partial charge in [-0.1, -0.05) is 17.7 Å². The minimum atomic E-state index is 0.151. The zero-order chi connectivity index (χ0) is 8.72. The maximum absolute atomic E-state index is 6.02. The second kappa shape index (κ2) is 2.64. The normalized spacial score (nSPS) is 21.0. The molecule has 0 amide bonds. The van der Waals surface area contributed by atoms with Crippen molar-refractivity contribution in [3.8, 4) is 0 Å². The third-order valence-electron chi connectivity index (χ3n) is 2.41. The summed E-state index contributed by atoms with van der Waals surface area (Å²) in [5.41, 5.74) is 14.5. The van der Waals surface area contributed by atoms with E-state index in [2.05, 4.69) is 0 Å². The van der Waals surface area contributed by atoms with Crippen LogP contribution >= 0.6 is 11.6 Å². The van der Waals surface area contributed by atoms with Crippen LogP contribution in [0, 0.1) is 0 Å². The molecule has 0 aliphatic heterocycles. The molecular formula is C9H11ClN2. The van der Waals surface area contributed by atoms with Crippen LogP contribution in [0.4, 0.5) is 5.69 Å². The van der Waals surface area contributed by atoms with Gasteiger partial charge in [-0.25, -0.2) is 0 Å². The van der Waals surface area contributed by atoms with E-state index in [0.717, 1.165) is 24.0 Å². The number of hydrogen-bond acceptors (Lipinski definition) is 2. The van der Waals surface area contributed by atoms with Gasteiger partial charge in [-0.3, -0.25) is 0 Å². The molecule has 1 aliphatic rings. The van der Waals surface area contributed by atoms with Crippen molar-refractivity contribution in [2.75, 3.05) is 5.73 Å². The number of benzene rings is 1. The Labute approximate surface area is 76.5 Å². The molecule has 0 aromatic heterocycles. The van der Waals surface area contributed by atoms with Crippen LogP contribution in [-0.4, -0.2) is 0 Å². The molecule has 2 nitrogen and oxygen atoms in total. The highest BCUT2D eigenvalue weighted by Gasteiger charge is 2.21. The predicted molar refractivity (Wildman–Crippen MR) is 51.1 cm³/mol. The largest absolute Gasteiger partial charge is 0.398 e. The predicted octanol–water partition coefficient (Wildman–Crippen LogP) is 1.87. The third kappa shape index (κ3) is 0.993. The second-order valence-corrected chi connectivity index (χ2v) is 3.56. The Morgan fingerprint density at radius 2 is 2.17 bits per heavy atom. The molecule has 0 saturated heterocycles. The van der Waals surface area contributed by atoms with Gasteiger partial charge in [0, 0.05) is 6.04 Å². The average Bonchev–Trinajstić information content (AvgIpc) is 2.41. The first-order valence-electron chi connectivity index (χ1n) is 4.02. The number of anilines is 1. The molecule has 1 aliphatic carbocycles. The smallest absolute Gasteiger partial charge is 0.0670 e. The Hall–Kier alpha value is -0.730. The zero-order valence-electron chi connectivity index (χ0n) is 6.68. The van der Waals surface area contributed by atoms with Crippen molar-refractivity contribution in [2.24, 2.45) is 5.73 Å². The third-order valence-corrected chi connectivity index (χ3v) is 2.86. The molecule has 64 valence electrons. The number of rotatable bonds is 0. The minimum absolute atomic E-state index is 0.151. The topological polar surface area (TPSA) is 52.0 Å². The van der Waals surface area contributed by atoms with Gasteiger partial charge < -0.3 is 11.5 Å². The molecule has 0 fully saturated rings. The molecular weight excluding hydrogens is 172 g/mol. The first-order valence-corrected chi connectivity index (χ1v) is 4.40. The molecule has 4 N–H and O–H groups in total. The van der Waals surface area contributed by atoms with Crippen molar-refractivity contribution < 1.29 is 0 Å². The number of halogens is 1. The number of fused-ring (bicyclic) bond motifs is 1. The van der Waals surface area contributed by atoms with Crippen LogP contribution in [0.5, 0.6) is 0 Å². The number of nitrogens with two attached hydrogens (primary N) is 2. The fourth-order valence-corrected chi connectivity index (χ4v) is 1.98. The highest BCUT2D eigenvalue weighted by molar-refractivity contribution is 6.34. The molecule has 0 radical (unpaired) electrons. The van der Waals surface area contributed by atoms with E-state index in [1.165, 1.54) is 0 Å². The van der Waals surface area contributed by atoms with Crippen molar-refractivity contribution in [2.45, 2.75) is 18.9 Å². The standard InChI is InChI=1S/C9H11ClN2/c10-9-6-2-3-7(11)5(6)1-4-8(9)12/h1,4,7H,2-3,11-12H2/t7-/m1/s1. The minimum Gasteiger partial charge on any atom is -0.398 e. The van der Waals surface area contributed by atoms with Crippen molar-refractivity contribution >= 4 is 17.3 Å². The Morgan fingerprint density at radius 1 is 1.42 bits per heavy atom. The van der Waals surface area contributed by atoms with Gasteiger partial charge in [0.15, 0.2) is 0 Å². The molecule has 2 rings (SSSR count). The van der Waals surface area contributed by atoms with Gasteiger partial charge in [0.1, 0.15) is 0 Å². The van der Waals surface area contributed by atoms with E-state index >= 15 is 0 Å². The SMILES string of the molecule is Nc1ccc2c(c1Cl)CC[C@H]2N. The van der Waals surface area contributed by atoms with E-state index in [9.17, 15) is 0 Å². The van der Waals surface area contributed by atoms with Crippen LogP contribution in [0.2, 0.25) is 5.02 Å². The number of hydrogen-bond donors (Lipinski definition) is 2. The average molecular weight is 183 g/mol. The first kappa shape index (κ1) is 7.90. The highest BCUT2D eigenvalue weighted by atomic mass is 35.5. The van der Waals surface area contributed by atoms with Crippen LogP contribution < -0.4 is 11.5 Å². The lowest BCUT2D eigenvalue weighted by molar-refractivity contribution is 0.713. The summed E-state index contributed by atoms with van der Waals surface area (Å²) in [5, 5.41) is 0.695. The summed E-state index contributed by atoms with van der Waals surface area (Å²) in [4.78, 5) is 0. The van der Waals surface area contributed by atoms with Gasteiger partial charge in [-0.05, 0) is 30.0 Å². The van der Waals surface area contributed by atoms with Crippen LogP contribution in [-0.2, 0) is 6.42 Å². The van der Waals surface area contributed by atoms with Gasteiger partial charge in [-0.2, -0.15) is 0 Å². The zero-order valence-corrected chi connectivity index (χ0v) is 7.43. The maximum Gasteiger partial charge on any atom is 0.0670 e. The molecule has 3 heteroatoms. The van der Waals surface area contributed by atoms with E-state index in [4.69, 9.17) is 23.1 Å². The van der Waals surface area contributed by atoms with E-state index in [-0.39, 0.29) is 6.04 Å². The van der Waals surface area contributed by atoms with Gasteiger partial charge >= 0.3 is 0 Å². The van der Waals surface area contributed by atoms with Crippen molar-refractivity contribution in [1.29, 1.82) is 0 Å². The molecule has 0 saturated carbocycles. The summed E-state index contributed by atoms with van der Waals surface area (Å²) in [6, 6.07) is 3.96. The summed E-state index contributed by atoms with van der Waals surface area (Å²) < 4.78 is 0. The van der Waals surface area contributed by atoms with Crippen LogP contribution in [0.1, 0.15) is 23.6 Å². The summed E-state index contributed by atoms with van der Waals surface area (Å²) in [7, 11) is 0. The van der Waals surface area contributed by atoms with E-state index in [0.29, 0.717) is 10.7 Å². The van der Waals surface area contributed by atoms with E-state index < -0.39 is 0 Å². The maximum atomic E-state index is 6.02. The first-order chi connectivity index (χ1) is 5.70. The Kier molecular flexibility index (Phi) is 1.74. The van der Waals surface area contributed by atoms with Crippen molar-refractivity contribution in [3.63, 3.8) is 0 Å². The van der Waals surface area contributed by atoms with Crippen LogP contribution in [0.3, 0.4) is 0 Å². The van der Waals surface area contributed by atoms with Gasteiger partial charge in [0.05, 0.1) is 10.7 Å². The highest BCUT2D eigenvalue weighted by Crippen LogP contribution is 2.36. The Morgan fingerprint density at radius 3 is 2.92 bits per heavy atom. The molecule has 1 atom stereocenters. The fraction of sp³-hybridized carbons (Fsp3) is 0.333. The Balaban J connectivity index is 2.60. The van der Waals surface area contributed by atoms with E-state index in [1.54, 1.807) is 0 Å².